The highest BCUT2D eigenvalue weighted by Crippen LogP contribution is 2.24. The van der Waals surface area contributed by atoms with Crippen molar-refractivity contribution in [3.05, 3.63) is 53.9 Å². The molecule has 1 atom stereocenters. The van der Waals surface area contributed by atoms with Crippen molar-refractivity contribution in [1.82, 2.24) is 14.7 Å². The van der Waals surface area contributed by atoms with Gasteiger partial charge in [0.2, 0.25) is 0 Å². The Labute approximate surface area is 113 Å². The summed E-state index contributed by atoms with van der Waals surface area (Å²) in [6.45, 7) is 4.68. The van der Waals surface area contributed by atoms with Gasteiger partial charge in [0.15, 0.2) is 0 Å². The normalized spacial score (nSPS) is 18.2. The van der Waals surface area contributed by atoms with Gasteiger partial charge in [-0.3, -0.25) is 9.58 Å². The van der Waals surface area contributed by atoms with E-state index in [0.29, 0.717) is 12.6 Å². The molecule has 1 aliphatic heterocycles. The molecule has 0 amide bonds. The van der Waals surface area contributed by atoms with Crippen LogP contribution in [0, 0.1) is 6.92 Å². The van der Waals surface area contributed by atoms with E-state index in [1.165, 1.54) is 5.56 Å². The zero-order valence-electron chi connectivity index (χ0n) is 11.1. The highest BCUT2D eigenvalue weighted by molar-refractivity contribution is 5.17. The number of nitrogens with zero attached hydrogens (tertiary/aromatic N) is 3. The summed E-state index contributed by atoms with van der Waals surface area (Å²) in [7, 11) is 0. The zero-order chi connectivity index (χ0) is 13.2. The number of aryl methyl sites for hydroxylation is 1. The standard InChI is InChI=1S/C15H19N3O/c1-12-7-16-18(8-12)14-9-17(10-14)11-15(19)13-5-3-2-4-6-13/h2-8,14-15,19H,9-11H2,1H3/t15-/m0/s1. The fourth-order valence-corrected chi connectivity index (χ4v) is 2.52. The summed E-state index contributed by atoms with van der Waals surface area (Å²) in [5.74, 6) is 0. The predicted octanol–water partition coefficient (Wildman–Crippen LogP) is 1.78. The fraction of sp³-hybridized carbons (Fsp3) is 0.400. The Morgan fingerprint density at radius 3 is 2.68 bits per heavy atom. The molecule has 2 heterocycles. The average molecular weight is 257 g/mol. The van der Waals surface area contributed by atoms with E-state index in [9.17, 15) is 5.11 Å². The second-order valence-corrected chi connectivity index (χ2v) is 5.30. The Bertz CT molecular complexity index is 531. The van der Waals surface area contributed by atoms with Gasteiger partial charge >= 0.3 is 0 Å². The van der Waals surface area contributed by atoms with Crippen LogP contribution in [-0.4, -0.2) is 39.4 Å². The molecular formula is C15H19N3O. The van der Waals surface area contributed by atoms with Crippen molar-refractivity contribution in [2.45, 2.75) is 19.1 Å². The van der Waals surface area contributed by atoms with Gasteiger partial charge in [0.1, 0.15) is 0 Å². The maximum atomic E-state index is 10.2. The highest BCUT2D eigenvalue weighted by Gasteiger charge is 2.30. The van der Waals surface area contributed by atoms with Crippen LogP contribution in [0.5, 0.6) is 0 Å². The van der Waals surface area contributed by atoms with Gasteiger partial charge in [-0.05, 0) is 18.1 Å². The molecule has 0 bridgehead atoms. The van der Waals surface area contributed by atoms with Crippen LogP contribution in [0.2, 0.25) is 0 Å². The van der Waals surface area contributed by atoms with Crippen LogP contribution in [0.25, 0.3) is 0 Å². The van der Waals surface area contributed by atoms with Gasteiger partial charge in [0.25, 0.3) is 0 Å². The third kappa shape index (κ3) is 2.69. The molecule has 0 saturated carbocycles. The number of benzene rings is 1. The van der Waals surface area contributed by atoms with Crippen LogP contribution in [0.15, 0.2) is 42.7 Å². The molecule has 19 heavy (non-hydrogen) atoms. The maximum Gasteiger partial charge on any atom is 0.0916 e. The molecule has 4 nitrogen and oxygen atoms in total. The summed E-state index contributed by atoms with van der Waals surface area (Å²) in [5.41, 5.74) is 2.18. The van der Waals surface area contributed by atoms with E-state index in [1.54, 1.807) is 0 Å². The third-order valence-corrected chi connectivity index (χ3v) is 3.66. The predicted molar refractivity (Wildman–Crippen MR) is 73.8 cm³/mol. The number of β-amino-alcohol motifs (C(OH)–C–C–N with tert-alkyl or cyclic N) is 1. The monoisotopic (exact) mass is 257 g/mol. The summed E-state index contributed by atoms with van der Waals surface area (Å²) < 4.78 is 2.03. The fourth-order valence-electron chi connectivity index (χ4n) is 2.52. The zero-order valence-corrected chi connectivity index (χ0v) is 11.1. The lowest BCUT2D eigenvalue weighted by molar-refractivity contribution is 0.0401. The van der Waals surface area contributed by atoms with E-state index in [0.717, 1.165) is 18.7 Å². The molecule has 1 N–H and O–H groups in total. The first-order chi connectivity index (χ1) is 9.22. The van der Waals surface area contributed by atoms with Gasteiger partial charge in [-0.2, -0.15) is 5.10 Å². The molecule has 1 aromatic carbocycles. The summed E-state index contributed by atoms with van der Waals surface area (Å²) in [6.07, 6.45) is 3.57. The van der Waals surface area contributed by atoms with Crippen LogP contribution >= 0.6 is 0 Å². The number of hydrogen-bond acceptors (Lipinski definition) is 3. The molecule has 0 aliphatic carbocycles. The Morgan fingerprint density at radius 1 is 1.32 bits per heavy atom. The molecule has 1 saturated heterocycles. The Kier molecular flexibility index (Phi) is 3.36. The van der Waals surface area contributed by atoms with Crippen LogP contribution in [0.1, 0.15) is 23.3 Å². The van der Waals surface area contributed by atoms with Crippen molar-refractivity contribution in [3.63, 3.8) is 0 Å². The Balaban J connectivity index is 1.52. The molecule has 1 fully saturated rings. The molecule has 2 aromatic rings. The van der Waals surface area contributed by atoms with Crippen LogP contribution in [-0.2, 0) is 0 Å². The first-order valence-electron chi connectivity index (χ1n) is 6.68. The summed E-state index contributed by atoms with van der Waals surface area (Å²) >= 11 is 0. The van der Waals surface area contributed by atoms with Gasteiger partial charge in [0.05, 0.1) is 18.3 Å². The van der Waals surface area contributed by atoms with Gasteiger partial charge in [-0.25, -0.2) is 0 Å². The number of hydrogen-bond donors (Lipinski definition) is 1. The molecule has 0 spiro atoms. The van der Waals surface area contributed by atoms with Crippen molar-refractivity contribution < 1.29 is 5.11 Å². The van der Waals surface area contributed by atoms with Crippen molar-refractivity contribution in [2.24, 2.45) is 0 Å². The Hall–Kier alpha value is -1.65. The van der Waals surface area contributed by atoms with Crippen LogP contribution < -0.4 is 0 Å². The van der Waals surface area contributed by atoms with Crippen LogP contribution in [0.3, 0.4) is 0 Å². The number of likely N-dealkylation sites (tertiary alicyclic amines) is 1. The second-order valence-electron chi connectivity index (χ2n) is 5.30. The minimum Gasteiger partial charge on any atom is -0.387 e. The largest absolute Gasteiger partial charge is 0.387 e. The minimum atomic E-state index is -0.401. The average Bonchev–Trinajstić information content (AvgIpc) is 2.80. The lowest BCUT2D eigenvalue weighted by atomic mass is 10.1. The maximum absolute atomic E-state index is 10.2. The van der Waals surface area contributed by atoms with E-state index >= 15 is 0 Å². The molecule has 3 rings (SSSR count). The first kappa shape index (κ1) is 12.4. The van der Waals surface area contributed by atoms with Gasteiger partial charge in [-0.15, -0.1) is 0 Å². The van der Waals surface area contributed by atoms with Gasteiger partial charge in [-0.1, -0.05) is 30.3 Å². The number of aliphatic hydroxyl groups is 1. The van der Waals surface area contributed by atoms with Crippen molar-refractivity contribution >= 4 is 0 Å². The Morgan fingerprint density at radius 2 is 2.05 bits per heavy atom. The van der Waals surface area contributed by atoms with E-state index < -0.39 is 6.10 Å². The van der Waals surface area contributed by atoms with Crippen molar-refractivity contribution in [1.29, 1.82) is 0 Å². The third-order valence-electron chi connectivity index (χ3n) is 3.66. The number of aliphatic hydroxyl groups excluding tert-OH is 1. The summed E-state index contributed by atoms with van der Waals surface area (Å²) in [4.78, 5) is 2.26. The first-order valence-corrected chi connectivity index (χ1v) is 6.68. The molecular weight excluding hydrogens is 238 g/mol. The number of rotatable bonds is 4. The lowest BCUT2D eigenvalue weighted by Gasteiger charge is -2.40. The molecule has 1 aromatic heterocycles. The molecule has 100 valence electrons. The lowest BCUT2D eigenvalue weighted by Crippen LogP contribution is -2.49. The quantitative estimate of drug-likeness (QED) is 0.907. The van der Waals surface area contributed by atoms with Gasteiger partial charge < -0.3 is 5.11 Å². The van der Waals surface area contributed by atoms with E-state index in [4.69, 9.17) is 0 Å². The summed E-state index contributed by atoms with van der Waals surface area (Å²) in [6, 6.07) is 10.3. The summed E-state index contributed by atoms with van der Waals surface area (Å²) in [5, 5.41) is 14.5. The topological polar surface area (TPSA) is 41.3 Å². The highest BCUT2D eigenvalue weighted by atomic mass is 16.3. The molecule has 4 heteroatoms. The number of aromatic nitrogens is 2. The smallest absolute Gasteiger partial charge is 0.0916 e. The van der Waals surface area contributed by atoms with E-state index in [2.05, 4.69) is 23.1 Å². The van der Waals surface area contributed by atoms with E-state index in [-0.39, 0.29) is 0 Å². The second kappa shape index (κ2) is 5.15. The van der Waals surface area contributed by atoms with Crippen molar-refractivity contribution in [3.8, 4) is 0 Å². The molecule has 0 unspecified atom stereocenters. The van der Waals surface area contributed by atoms with Crippen molar-refractivity contribution in [2.75, 3.05) is 19.6 Å². The van der Waals surface area contributed by atoms with Crippen LogP contribution in [0.4, 0.5) is 0 Å². The molecule has 0 radical (unpaired) electrons. The SMILES string of the molecule is Cc1cnn(C2CN(C[C@H](O)c3ccccc3)C2)c1. The minimum absolute atomic E-state index is 0.401. The van der Waals surface area contributed by atoms with Gasteiger partial charge in [0, 0.05) is 25.8 Å². The molecule has 1 aliphatic rings. The van der Waals surface area contributed by atoms with E-state index in [1.807, 2.05) is 41.2 Å².